The van der Waals surface area contributed by atoms with Gasteiger partial charge in [-0.15, -0.1) is 10.2 Å². The minimum Gasteiger partial charge on any atom is -0.496 e. The van der Waals surface area contributed by atoms with Crippen molar-refractivity contribution in [2.75, 3.05) is 25.6 Å². The molecule has 0 aliphatic heterocycles. The third-order valence-electron chi connectivity index (χ3n) is 4.22. The van der Waals surface area contributed by atoms with E-state index in [0.29, 0.717) is 25.4 Å². The van der Waals surface area contributed by atoms with E-state index in [9.17, 15) is 4.79 Å². The molecule has 0 fully saturated rings. The Morgan fingerprint density at radius 3 is 2.45 bits per heavy atom. The summed E-state index contributed by atoms with van der Waals surface area (Å²) in [5.41, 5.74) is 2.08. The maximum absolute atomic E-state index is 12.3. The number of nitrogens with one attached hydrogen (secondary N) is 2. The molecule has 2 aromatic carbocycles. The van der Waals surface area contributed by atoms with Gasteiger partial charge in [0.15, 0.2) is 11.5 Å². The topological polar surface area (TPSA) is 85.4 Å². The molecular formula is C22H24N4O3. The predicted octanol–water partition coefficient (Wildman–Crippen LogP) is 3.60. The van der Waals surface area contributed by atoms with Crippen LogP contribution in [0, 0.1) is 0 Å². The lowest BCUT2D eigenvalue weighted by atomic mass is 10.1. The molecule has 0 saturated heterocycles. The van der Waals surface area contributed by atoms with Gasteiger partial charge in [-0.2, -0.15) is 0 Å². The Hall–Kier alpha value is -3.61. The zero-order chi connectivity index (χ0) is 20.5. The summed E-state index contributed by atoms with van der Waals surface area (Å²) in [5, 5.41) is 14.1. The Bertz CT molecular complexity index is 945. The summed E-state index contributed by atoms with van der Waals surface area (Å²) >= 11 is 0. The van der Waals surface area contributed by atoms with Gasteiger partial charge in [0.05, 0.1) is 19.4 Å². The molecule has 7 nitrogen and oxygen atoms in total. The SMILES string of the molecule is CCOc1ccccc1Nc1ccc(C(=O)NCCc2ccccc2OC)nn1. The molecule has 1 aromatic heterocycles. The van der Waals surface area contributed by atoms with E-state index < -0.39 is 0 Å². The van der Waals surface area contributed by atoms with E-state index in [-0.39, 0.29) is 11.6 Å². The summed E-state index contributed by atoms with van der Waals surface area (Å²) in [6, 6.07) is 18.7. The fourth-order valence-electron chi connectivity index (χ4n) is 2.82. The molecule has 29 heavy (non-hydrogen) atoms. The molecule has 3 rings (SSSR count). The minimum absolute atomic E-state index is 0.258. The van der Waals surface area contributed by atoms with Crippen LogP contribution < -0.4 is 20.1 Å². The number of hydrogen-bond acceptors (Lipinski definition) is 6. The van der Waals surface area contributed by atoms with E-state index in [1.54, 1.807) is 19.2 Å². The Balaban J connectivity index is 1.56. The van der Waals surface area contributed by atoms with Gasteiger partial charge in [0, 0.05) is 6.54 Å². The monoisotopic (exact) mass is 392 g/mol. The van der Waals surface area contributed by atoms with Gasteiger partial charge in [0.2, 0.25) is 0 Å². The van der Waals surface area contributed by atoms with Crippen LogP contribution in [-0.2, 0) is 6.42 Å². The van der Waals surface area contributed by atoms with Crippen LogP contribution in [-0.4, -0.2) is 36.4 Å². The molecule has 0 aliphatic carbocycles. The first-order chi connectivity index (χ1) is 14.2. The van der Waals surface area contributed by atoms with Crippen molar-refractivity contribution in [1.82, 2.24) is 15.5 Å². The van der Waals surface area contributed by atoms with Gasteiger partial charge in [-0.25, -0.2) is 0 Å². The molecule has 7 heteroatoms. The average molecular weight is 392 g/mol. The molecular weight excluding hydrogens is 368 g/mol. The predicted molar refractivity (Wildman–Crippen MR) is 112 cm³/mol. The lowest BCUT2D eigenvalue weighted by molar-refractivity contribution is 0.0948. The second-order valence-corrected chi connectivity index (χ2v) is 6.18. The fourth-order valence-corrected chi connectivity index (χ4v) is 2.82. The van der Waals surface area contributed by atoms with Gasteiger partial charge in [-0.05, 0) is 49.2 Å². The highest BCUT2D eigenvalue weighted by Crippen LogP contribution is 2.26. The second-order valence-electron chi connectivity index (χ2n) is 6.18. The molecule has 1 amide bonds. The maximum atomic E-state index is 12.3. The first-order valence-corrected chi connectivity index (χ1v) is 9.44. The number of methoxy groups -OCH3 is 1. The summed E-state index contributed by atoms with van der Waals surface area (Å²) in [6.45, 7) is 2.97. The van der Waals surface area contributed by atoms with Gasteiger partial charge in [-0.1, -0.05) is 30.3 Å². The number of amides is 1. The molecule has 0 saturated carbocycles. The smallest absolute Gasteiger partial charge is 0.271 e. The Labute approximate surface area is 170 Å². The first kappa shape index (κ1) is 20.1. The van der Waals surface area contributed by atoms with Gasteiger partial charge in [0.25, 0.3) is 5.91 Å². The van der Waals surface area contributed by atoms with E-state index in [1.165, 1.54) is 0 Å². The number of para-hydroxylation sites is 3. The number of nitrogens with zero attached hydrogens (tertiary/aromatic N) is 2. The lowest BCUT2D eigenvalue weighted by Crippen LogP contribution is -2.26. The standard InChI is InChI=1S/C22H24N4O3/c1-3-29-20-11-7-5-9-17(20)24-21-13-12-18(25-26-21)22(27)23-15-14-16-8-4-6-10-19(16)28-2/h4-13H,3,14-15H2,1-2H3,(H,23,27)(H,24,26). The highest BCUT2D eigenvalue weighted by molar-refractivity contribution is 5.92. The van der Waals surface area contributed by atoms with Crippen molar-refractivity contribution < 1.29 is 14.3 Å². The van der Waals surface area contributed by atoms with Crippen molar-refractivity contribution in [2.45, 2.75) is 13.3 Å². The molecule has 0 aliphatic rings. The molecule has 0 radical (unpaired) electrons. The van der Waals surface area contributed by atoms with E-state index in [1.807, 2.05) is 55.5 Å². The van der Waals surface area contributed by atoms with E-state index >= 15 is 0 Å². The quantitative estimate of drug-likeness (QED) is 0.579. The minimum atomic E-state index is -0.270. The van der Waals surface area contributed by atoms with Gasteiger partial charge in [0.1, 0.15) is 11.5 Å². The number of carbonyl (C=O) groups is 1. The summed E-state index contributed by atoms with van der Waals surface area (Å²) in [7, 11) is 1.63. The number of aromatic nitrogens is 2. The third kappa shape index (κ3) is 5.44. The average Bonchev–Trinajstić information content (AvgIpc) is 2.76. The molecule has 0 spiro atoms. The van der Waals surface area contributed by atoms with E-state index in [0.717, 1.165) is 22.7 Å². The summed E-state index contributed by atoms with van der Waals surface area (Å²) in [4.78, 5) is 12.3. The zero-order valence-electron chi connectivity index (χ0n) is 16.5. The van der Waals surface area contributed by atoms with Crippen molar-refractivity contribution in [3.8, 4) is 11.5 Å². The van der Waals surface area contributed by atoms with Crippen LogP contribution in [0.25, 0.3) is 0 Å². The molecule has 150 valence electrons. The van der Waals surface area contributed by atoms with Gasteiger partial charge < -0.3 is 20.1 Å². The van der Waals surface area contributed by atoms with Gasteiger partial charge >= 0.3 is 0 Å². The Morgan fingerprint density at radius 2 is 1.72 bits per heavy atom. The molecule has 0 atom stereocenters. The molecule has 0 unspecified atom stereocenters. The number of carbonyl (C=O) groups excluding carboxylic acids is 1. The Kier molecular flexibility index (Phi) is 7.00. The van der Waals surface area contributed by atoms with Crippen molar-refractivity contribution in [3.63, 3.8) is 0 Å². The summed E-state index contributed by atoms with van der Waals surface area (Å²) in [5.74, 6) is 1.80. The number of hydrogen-bond donors (Lipinski definition) is 2. The van der Waals surface area contributed by atoms with Crippen LogP contribution in [0.1, 0.15) is 23.0 Å². The second kappa shape index (κ2) is 10.1. The third-order valence-corrected chi connectivity index (χ3v) is 4.22. The summed E-state index contributed by atoms with van der Waals surface area (Å²) < 4.78 is 10.9. The van der Waals surface area contributed by atoms with Crippen molar-refractivity contribution in [2.24, 2.45) is 0 Å². The van der Waals surface area contributed by atoms with Crippen LogP contribution in [0.5, 0.6) is 11.5 Å². The molecule has 2 N–H and O–H groups in total. The van der Waals surface area contributed by atoms with Crippen molar-refractivity contribution >= 4 is 17.4 Å². The number of anilines is 2. The molecule has 3 aromatic rings. The summed E-state index contributed by atoms with van der Waals surface area (Å²) in [6.07, 6.45) is 0.664. The highest BCUT2D eigenvalue weighted by atomic mass is 16.5. The normalized spacial score (nSPS) is 10.3. The van der Waals surface area contributed by atoms with Crippen LogP contribution in [0.4, 0.5) is 11.5 Å². The first-order valence-electron chi connectivity index (χ1n) is 9.44. The van der Waals surface area contributed by atoms with Crippen LogP contribution in [0.3, 0.4) is 0 Å². The Morgan fingerprint density at radius 1 is 0.966 bits per heavy atom. The highest BCUT2D eigenvalue weighted by Gasteiger charge is 2.10. The lowest BCUT2D eigenvalue weighted by Gasteiger charge is -2.11. The van der Waals surface area contributed by atoms with E-state index in [4.69, 9.17) is 9.47 Å². The fraction of sp³-hybridized carbons (Fsp3) is 0.227. The number of rotatable bonds is 9. The molecule has 0 bridgehead atoms. The van der Waals surface area contributed by atoms with Crippen LogP contribution in [0.2, 0.25) is 0 Å². The van der Waals surface area contributed by atoms with Crippen molar-refractivity contribution in [1.29, 1.82) is 0 Å². The number of benzene rings is 2. The van der Waals surface area contributed by atoms with Crippen molar-refractivity contribution in [3.05, 3.63) is 71.9 Å². The van der Waals surface area contributed by atoms with Crippen LogP contribution in [0.15, 0.2) is 60.7 Å². The largest absolute Gasteiger partial charge is 0.496 e. The maximum Gasteiger partial charge on any atom is 0.271 e. The van der Waals surface area contributed by atoms with E-state index in [2.05, 4.69) is 20.8 Å². The molecule has 1 heterocycles. The van der Waals surface area contributed by atoms with Crippen LogP contribution >= 0.6 is 0 Å². The van der Waals surface area contributed by atoms with Gasteiger partial charge in [-0.3, -0.25) is 4.79 Å². The number of ether oxygens (including phenoxy) is 2. The zero-order valence-corrected chi connectivity index (χ0v) is 16.5.